The van der Waals surface area contributed by atoms with Gasteiger partial charge in [0.1, 0.15) is 0 Å². The highest BCUT2D eigenvalue weighted by Crippen LogP contribution is 2.38. The predicted octanol–water partition coefficient (Wildman–Crippen LogP) is 4.42. The number of hydrogen-bond acceptors (Lipinski definition) is 1. The molecule has 2 aliphatic heterocycles. The van der Waals surface area contributed by atoms with Crippen molar-refractivity contribution in [2.24, 2.45) is 0 Å². The quantitative estimate of drug-likeness (QED) is 0.712. The number of benzene rings is 1. The third kappa shape index (κ3) is 2.36. The van der Waals surface area contributed by atoms with Crippen LogP contribution in [0, 0.1) is 0 Å². The van der Waals surface area contributed by atoms with E-state index in [0.29, 0.717) is 6.04 Å². The largest absolute Gasteiger partial charge is 0.293 e. The highest BCUT2D eigenvalue weighted by molar-refractivity contribution is 6.30. The van der Waals surface area contributed by atoms with Gasteiger partial charge in [-0.2, -0.15) is 0 Å². The van der Waals surface area contributed by atoms with Crippen LogP contribution in [0.3, 0.4) is 0 Å². The first-order chi connectivity index (χ1) is 8.34. The minimum absolute atomic E-state index is 0.645. The van der Waals surface area contributed by atoms with E-state index < -0.39 is 0 Å². The van der Waals surface area contributed by atoms with Gasteiger partial charge in [-0.15, -0.1) is 0 Å². The molecule has 17 heavy (non-hydrogen) atoms. The molecule has 2 fully saturated rings. The third-order valence-corrected chi connectivity index (χ3v) is 4.59. The van der Waals surface area contributed by atoms with E-state index in [4.69, 9.17) is 11.6 Å². The van der Waals surface area contributed by atoms with E-state index in [0.717, 1.165) is 11.1 Å². The first kappa shape index (κ1) is 11.6. The highest BCUT2D eigenvalue weighted by Gasteiger charge is 2.32. The van der Waals surface area contributed by atoms with Crippen molar-refractivity contribution < 1.29 is 0 Å². The lowest BCUT2D eigenvalue weighted by Gasteiger charge is -2.45. The predicted molar refractivity (Wildman–Crippen MR) is 72.4 cm³/mol. The summed E-state index contributed by atoms with van der Waals surface area (Å²) in [5.74, 6) is 0. The molecule has 0 unspecified atom stereocenters. The van der Waals surface area contributed by atoms with Crippen molar-refractivity contribution >= 4 is 11.6 Å². The molecule has 0 amide bonds. The van der Waals surface area contributed by atoms with Crippen molar-refractivity contribution in [3.63, 3.8) is 0 Å². The molecule has 2 heterocycles. The summed E-state index contributed by atoms with van der Waals surface area (Å²) in [4.78, 5) is 2.75. The molecule has 3 rings (SSSR count). The Morgan fingerprint density at radius 1 is 0.941 bits per heavy atom. The molecule has 2 saturated heterocycles. The molecule has 0 aromatic heterocycles. The summed E-state index contributed by atoms with van der Waals surface area (Å²) in [6, 6.07) is 9.98. The van der Waals surface area contributed by atoms with Gasteiger partial charge in [-0.1, -0.05) is 30.2 Å². The minimum atomic E-state index is 0.645. The second kappa shape index (κ2) is 4.99. The zero-order chi connectivity index (χ0) is 11.7. The molecule has 0 saturated carbocycles. The zero-order valence-corrected chi connectivity index (χ0v) is 11.0. The molecule has 2 aliphatic rings. The lowest BCUT2D eigenvalue weighted by atomic mass is 9.86. The molecule has 1 nitrogen and oxygen atoms in total. The van der Waals surface area contributed by atoms with E-state index in [1.165, 1.54) is 50.6 Å². The van der Waals surface area contributed by atoms with Crippen LogP contribution in [-0.4, -0.2) is 17.5 Å². The van der Waals surface area contributed by atoms with Crippen LogP contribution < -0.4 is 0 Å². The summed E-state index contributed by atoms with van der Waals surface area (Å²) in [7, 11) is 0. The summed E-state index contributed by atoms with van der Waals surface area (Å²) in [6.07, 6.45) is 8.32. The molecule has 0 aliphatic carbocycles. The first-order valence-corrected chi connectivity index (χ1v) is 7.23. The maximum atomic E-state index is 5.97. The van der Waals surface area contributed by atoms with E-state index in [-0.39, 0.29) is 0 Å². The SMILES string of the molecule is Clc1ccc([C@@H]2CCC[C@@H]3CCCCN32)cc1. The smallest absolute Gasteiger partial charge is 0.0406 e. The van der Waals surface area contributed by atoms with Gasteiger partial charge in [0, 0.05) is 17.1 Å². The minimum Gasteiger partial charge on any atom is -0.293 e. The number of piperidine rings is 2. The number of nitrogens with zero attached hydrogens (tertiary/aromatic N) is 1. The van der Waals surface area contributed by atoms with Crippen molar-refractivity contribution in [2.75, 3.05) is 6.54 Å². The Balaban J connectivity index is 1.83. The van der Waals surface area contributed by atoms with Gasteiger partial charge in [0.05, 0.1) is 0 Å². The van der Waals surface area contributed by atoms with Gasteiger partial charge < -0.3 is 0 Å². The van der Waals surface area contributed by atoms with Gasteiger partial charge in [0.15, 0.2) is 0 Å². The van der Waals surface area contributed by atoms with Gasteiger partial charge >= 0.3 is 0 Å². The lowest BCUT2D eigenvalue weighted by molar-refractivity contribution is 0.0518. The number of rotatable bonds is 1. The Bertz CT molecular complexity index is 371. The zero-order valence-electron chi connectivity index (χ0n) is 10.2. The molecule has 2 atom stereocenters. The van der Waals surface area contributed by atoms with Crippen LogP contribution >= 0.6 is 11.6 Å². The molecule has 1 aromatic rings. The standard InChI is InChI=1S/C15H20ClN/c16-13-9-7-12(8-10-13)15-6-3-5-14-4-1-2-11-17(14)15/h7-10,14-15H,1-6,11H2/t14-,15-/m0/s1. The van der Waals surface area contributed by atoms with Gasteiger partial charge in [-0.3, -0.25) is 4.90 Å². The summed E-state index contributed by atoms with van der Waals surface area (Å²) in [6.45, 7) is 1.29. The molecule has 1 aromatic carbocycles. The van der Waals surface area contributed by atoms with Gasteiger partial charge in [0.25, 0.3) is 0 Å². The topological polar surface area (TPSA) is 3.24 Å². The molecular formula is C15H20ClN. The Kier molecular flexibility index (Phi) is 3.39. The monoisotopic (exact) mass is 249 g/mol. The van der Waals surface area contributed by atoms with Crippen LogP contribution in [0.2, 0.25) is 5.02 Å². The van der Waals surface area contributed by atoms with E-state index in [1.807, 2.05) is 12.1 Å². The Labute approximate surface area is 109 Å². The van der Waals surface area contributed by atoms with Gasteiger partial charge in [0.2, 0.25) is 0 Å². The first-order valence-electron chi connectivity index (χ1n) is 6.86. The summed E-state index contributed by atoms with van der Waals surface area (Å²) < 4.78 is 0. The Morgan fingerprint density at radius 2 is 1.71 bits per heavy atom. The van der Waals surface area contributed by atoms with Crippen LogP contribution in [0.1, 0.15) is 50.1 Å². The molecule has 2 heteroatoms. The lowest BCUT2D eigenvalue weighted by Crippen LogP contribution is -2.44. The number of fused-ring (bicyclic) bond motifs is 1. The maximum absolute atomic E-state index is 5.97. The van der Waals surface area contributed by atoms with Crippen molar-refractivity contribution in [3.8, 4) is 0 Å². The van der Waals surface area contributed by atoms with E-state index >= 15 is 0 Å². The second-order valence-electron chi connectivity index (χ2n) is 5.39. The van der Waals surface area contributed by atoms with Crippen molar-refractivity contribution in [2.45, 2.75) is 50.6 Å². The van der Waals surface area contributed by atoms with Crippen molar-refractivity contribution in [1.82, 2.24) is 4.90 Å². The Morgan fingerprint density at radius 3 is 2.53 bits per heavy atom. The van der Waals surface area contributed by atoms with E-state index in [1.54, 1.807) is 0 Å². The van der Waals surface area contributed by atoms with E-state index in [9.17, 15) is 0 Å². The number of halogens is 1. The van der Waals surface area contributed by atoms with Crippen LogP contribution in [0.25, 0.3) is 0 Å². The van der Waals surface area contributed by atoms with Crippen LogP contribution in [-0.2, 0) is 0 Å². The fourth-order valence-electron chi connectivity index (χ4n) is 3.50. The fraction of sp³-hybridized carbons (Fsp3) is 0.600. The summed E-state index contributed by atoms with van der Waals surface area (Å²) >= 11 is 5.97. The molecule has 92 valence electrons. The van der Waals surface area contributed by atoms with Crippen LogP contribution in [0.5, 0.6) is 0 Å². The average molecular weight is 250 g/mol. The average Bonchev–Trinajstić information content (AvgIpc) is 2.39. The van der Waals surface area contributed by atoms with Crippen molar-refractivity contribution in [1.29, 1.82) is 0 Å². The van der Waals surface area contributed by atoms with E-state index in [2.05, 4.69) is 17.0 Å². The molecular weight excluding hydrogens is 230 g/mol. The fourth-order valence-corrected chi connectivity index (χ4v) is 3.62. The molecule has 0 spiro atoms. The summed E-state index contributed by atoms with van der Waals surface area (Å²) in [5, 5.41) is 0.847. The van der Waals surface area contributed by atoms with Gasteiger partial charge in [-0.25, -0.2) is 0 Å². The van der Waals surface area contributed by atoms with Crippen LogP contribution in [0.4, 0.5) is 0 Å². The molecule has 0 N–H and O–H groups in total. The normalized spacial score (nSPS) is 29.9. The number of hydrogen-bond donors (Lipinski definition) is 0. The van der Waals surface area contributed by atoms with Crippen LogP contribution in [0.15, 0.2) is 24.3 Å². The third-order valence-electron chi connectivity index (χ3n) is 4.34. The second-order valence-corrected chi connectivity index (χ2v) is 5.82. The maximum Gasteiger partial charge on any atom is 0.0406 e. The van der Waals surface area contributed by atoms with Gasteiger partial charge in [-0.05, 0) is 56.3 Å². The Hall–Kier alpha value is -0.530. The van der Waals surface area contributed by atoms with Crippen molar-refractivity contribution in [3.05, 3.63) is 34.9 Å². The molecule has 0 radical (unpaired) electrons. The molecule has 0 bridgehead atoms. The summed E-state index contributed by atoms with van der Waals surface area (Å²) in [5.41, 5.74) is 1.46. The highest BCUT2D eigenvalue weighted by atomic mass is 35.5.